The van der Waals surface area contributed by atoms with Crippen molar-refractivity contribution >= 4 is 17.7 Å². The van der Waals surface area contributed by atoms with Crippen LogP contribution in [0.15, 0.2) is 60.7 Å². The van der Waals surface area contributed by atoms with E-state index in [9.17, 15) is 14.4 Å². The number of nitrogens with one attached hydrogen (secondary N) is 1. The van der Waals surface area contributed by atoms with Crippen molar-refractivity contribution in [1.82, 2.24) is 15.1 Å². The summed E-state index contributed by atoms with van der Waals surface area (Å²) in [6.45, 7) is 6.26. The number of benzene rings is 2. The molecule has 0 spiro atoms. The van der Waals surface area contributed by atoms with E-state index in [1.807, 2.05) is 55.1 Å². The standard InChI is InChI=1S/C24H29N3O3/c1-24(2,20-11-7-4-8-12-20)23(30)27-17-15-26(16-18-27)21(28)13-14-25-22(29)19-9-5-3-6-10-19/h3-12H,13-18H2,1-2H3,(H,25,29). The maximum atomic E-state index is 13.1. The van der Waals surface area contributed by atoms with Crippen molar-refractivity contribution in [1.29, 1.82) is 0 Å². The third-order valence-electron chi connectivity index (χ3n) is 5.61. The van der Waals surface area contributed by atoms with Crippen LogP contribution in [0.3, 0.4) is 0 Å². The molecule has 6 heteroatoms. The van der Waals surface area contributed by atoms with E-state index in [2.05, 4.69) is 5.32 Å². The second-order valence-electron chi connectivity index (χ2n) is 8.04. The third kappa shape index (κ3) is 5.06. The van der Waals surface area contributed by atoms with Crippen LogP contribution in [0.5, 0.6) is 0 Å². The lowest BCUT2D eigenvalue weighted by molar-refractivity contribution is -0.142. The Labute approximate surface area is 177 Å². The second kappa shape index (κ2) is 9.57. The first-order valence-electron chi connectivity index (χ1n) is 10.4. The molecule has 0 aliphatic carbocycles. The molecule has 0 unspecified atom stereocenters. The Morgan fingerprint density at radius 2 is 1.37 bits per heavy atom. The number of carbonyl (C=O) groups excluding carboxylic acids is 3. The number of carbonyl (C=O) groups is 3. The fourth-order valence-corrected chi connectivity index (χ4v) is 3.67. The summed E-state index contributed by atoms with van der Waals surface area (Å²) in [5.41, 5.74) is 0.968. The van der Waals surface area contributed by atoms with Crippen molar-refractivity contribution in [3.8, 4) is 0 Å². The van der Waals surface area contributed by atoms with E-state index in [1.165, 1.54) is 0 Å². The molecule has 0 bridgehead atoms. The third-order valence-corrected chi connectivity index (χ3v) is 5.61. The highest BCUT2D eigenvalue weighted by Crippen LogP contribution is 2.26. The lowest BCUT2D eigenvalue weighted by Gasteiger charge is -2.38. The van der Waals surface area contributed by atoms with Crippen LogP contribution in [-0.2, 0) is 15.0 Å². The number of amides is 3. The minimum atomic E-state index is -0.602. The lowest BCUT2D eigenvalue weighted by atomic mass is 9.83. The van der Waals surface area contributed by atoms with Crippen LogP contribution in [0.2, 0.25) is 0 Å². The minimum absolute atomic E-state index is 0.00206. The van der Waals surface area contributed by atoms with Crippen molar-refractivity contribution in [2.45, 2.75) is 25.7 Å². The highest BCUT2D eigenvalue weighted by atomic mass is 16.2. The van der Waals surface area contributed by atoms with Crippen LogP contribution in [-0.4, -0.2) is 60.2 Å². The molecule has 1 heterocycles. The molecule has 2 aromatic rings. The van der Waals surface area contributed by atoms with Crippen molar-refractivity contribution in [2.24, 2.45) is 0 Å². The van der Waals surface area contributed by atoms with Crippen LogP contribution >= 0.6 is 0 Å². The molecule has 1 N–H and O–H groups in total. The van der Waals surface area contributed by atoms with Gasteiger partial charge in [-0.3, -0.25) is 14.4 Å². The van der Waals surface area contributed by atoms with Crippen LogP contribution in [0.4, 0.5) is 0 Å². The highest BCUT2D eigenvalue weighted by molar-refractivity contribution is 5.94. The molecule has 2 aromatic carbocycles. The highest BCUT2D eigenvalue weighted by Gasteiger charge is 2.35. The summed E-state index contributed by atoms with van der Waals surface area (Å²) < 4.78 is 0. The molecule has 6 nitrogen and oxygen atoms in total. The number of rotatable bonds is 6. The average molecular weight is 408 g/mol. The Hall–Kier alpha value is -3.15. The van der Waals surface area contributed by atoms with Crippen LogP contribution < -0.4 is 5.32 Å². The Morgan fingerprint density at radius 3 is 1.97 bits per heavy atom. The van der Waals surface area contributed by atoms with Gasteiger partial charge in [-0.25, -0.2) is 0 Å². The first-order valence-corrected chi connectivity index (χ1v) is 10.4. The molecular weight excluding hydrogens is 378 g/mol. The molecule has 0 saturated carbocycles. The predicted octanol–water partition coefficient (Wildman–Crippen LogP) is 2.46. The average Bonchev–Trinajstić information content (AvgIpc) is 2.79. The number of nitrogens with zero attached hydrogens (tertiary/aromatic N) is 2. The Balaban J connectivity index is 1.45. The zero-order valence-corrected chi connectivity index (χ0v) is 17.6. The van der Waals surface area contributed by atoms with Crippen molar-refractivity contribution in [2.75, 3.05) is 32.7 Å². The Morgan fingerprint density at radius 1 is 0.833 bits per heavy atom. The van der Waals surface area contributed by atoms with E-state index in [0.717, 1.165) is 5.56 Å². The van der Waals surface area contributed by atoms with Gasteiger partial charge in [0, 0.05) is 44.7 Å². The maximum Gasteiger partial charge on any atom is 0.251 e. The number of hydrogen-bond acceptors (Lipinski definition) is 3. The SMILES string of the molecule is CC(C)(C(=O)N1CCN(C(=O)CCNC(=O)c2ccccc2)CC1)c1ccccc1. The summed E-state index contributed by atoms with van der Waals surface area (Å²) in [5, 5.41) is 2.78. The van der Waals surface area contributed by atoms with Gasteiger partial charge in [-0.05, 0) is 31.5 Å². The van der Waals surface area contributed by atoms with Gasteiger partial charge < -0.3 is 15.1 Å². The molecule has 1 aliphatic rings. The van der Waals surface area contributed by atoms with Gasteiger partial charge in [0.15, 0.2) is 0 Å². The molecule has 3 rings (SSSR count). The van der Waals surface area contributed by atoms with E-state index in [1.54, 1.807) is 29.2 Å². The number of hydrogen-bond donors (Lipinski definition) is 1. The summed E-state index contributed by atoms with van der Waals surface area (Å²) >= 11 is 0. The van der Waals surface area contributed by atoms with Crippen LogP contribution in [0.1, 0.15) is 36.2 Å². The normalized spacial score (nSPS) is 14.3. The van der Waals surface area contributed by atoms with Gasteiger partial charge in [0.05, 0.1) is 5.41 Å². The summed E-state index contributed by atoms with van der Waals surface area (Å²) in [4.78, 5) is 41.2. The van der Waals surface area contributed by atoms with E-state index in [-0.39, 0.29) is 24.1 Å². The molecule has 0 atom stereocenters. The van der Waals surface area contributed by atoms with Gasteiger partial charge >= 0.3 is 0 Å². The molecule has 0 aromatic heterocycles. The van der Waals surface area contributed by atoms with Gasteiger partial charge in [-0.2, -0.15) is 0 Å². The van der Waals surface area contributed by atoms with Gasteiger partial charge in [0.1, 0.15) is 0 Å². The lowest BCUT2D eigenvalue weighted by Crippen LogP contribution is -2.54. The molecule has 30 heavy (non-hydrogen) atoms. The molecule has 0 radical (unpaired) electrons. The topological polar surface area (TPSA) is 69.7 Å². The van der Waals surface area contributed by atoms with Gasteiger partial charge in [-0.15, -0.1) is 0 Å². The monoisotopic (exact) mass is 407 g/mol. The fourth-order valence-electron chi connectivity index (χ4n) is 3.67. The Kier molecular flexibility index (Phi) is 6.87. The summed E-state index contributed by atoms with van der Waals surface area (Å²) in [6.07, 6.45) is 0.252. The first kappa shape index (κ1) is 21.6. The first-order chi connectivity index (χ1) is 14.4. The van der Waals surface area contributed by atoms with Crippen molar-refractivity contribution in [3.63, 3.8) is 0 Å². The van der Waals surface area contributed by atoms with Gasteiger partial charge in [-0.1, -0.05) is 48.5 Å². The zero-order valence-electron chi connectivity index (χ0n) is 17.6. The minimum Gasteiger partial charge on any atom is -0.352 e. The predicted molar refractivity (Wildman–Crippen MR) is 116 cm³/mol. The molecule has 1 saturated heterocycles. The fraction of sp³-hybridized carbons (Fsp3) is 0.375. The van der Waals surface area contributed by atoms with Gasteiger partial charge in [0.2, 0.25) is 11.8 Å². The summed E-state index contributed by atoms with van der Waals surface area (Å²) in [7, 11) is 0. The largest absolute Gasteiger partial charge is 0.352 e. The quantitative estimate of drug-likeness (QED) is 0.800. The van der Waals surface area contributed by atoms with E-state index < -0.39 is 5.41 Å². The van der Waals surface area contributed by atoms with Crippen molar-refractivity contribution in [3.05, 3.63) is 71.8 Å². The van der Waals surface area contributed by atoms with E-state index >= 15 is 0 Å². The van der Waals surface area contributed by atoms with Crippen molar-refractivity contribution < 1.29 is 14.4 Å². The van der Waals surface area contributed by atoms with Crippen LogP contribution in [0, 0.1) is 0 Å². The zero-order chi connectivity index (χ0) is 21.6. The molecule has 158 valence electrons. The smallest absolute Gasteiger partial charge is 0.251 e. The van der Waals surface area contributed by atoms with E-state index in [4.69, 9.17) is 0 Å². The second-order valence-corrected chi connectivity index (χ2v) is 8.04. The van der Waals surface area contributed by atoms with E-state index in [0.29, 0.717) is 38.3 Å². The molecular formula is C24H29N3O3. The molecule has 1 fully saturated rings. The Bertz CT molecular complexity index is 873. The number of piperazine rings is 1. The summed E-state index contributed by atoms with van der Waals surface area (Å²) in [5.74, 6) is -0.101. The van der Waals surface area contributed by atoms with Crippen LogP contribution in [0.25, 0.3) is 0 Å². The molecule has 3 amide bonds. The summed E-state index contributed by atoms with van der Waals surface area (Å²) in [6, 6.07) is 18.7. The maximum absolute atomic E-state index is 13.1. The van der Waals surface area contributed by atoms with Gasteiger partial charge in [0.25, 0.3) is 5.91 Å². The molecule has 1 aliphatic heterocycles.